The number of carbonyl (C=O) groups is 1. The number of aryl methyl sites for hydroxylation is 1. The number of hydrogen-bond acceptors (Lipinski definition) is 8. The number of rotatable bonds is 11. The Balaban J connectivity index is 0.00000181. The summed E-state index contributed by atoms with van der Waals surface area (Å²) in [7, 11) is 4.03. The third-order valence-electron chi connectivity index (χ3n) is 7.64. The van der Waals surface area contributed by atoms with Gasteiger partial charge < -0.3 is 9.42 Å². The normalized spacial score (nSPS) is 15.6. The Labute approximate surface area is 236 Å². The number of unbranched alkanes of at least 4 members (excludes halogenated alkanes) is 1. The second-order valence-electron chi connectivity index (χ2n) is 10.6. The minimum absolute atomic E-state index is 0.216. The number of carbonyl (C=O) groups excluding carboxylic acids is 1. The monoisotopic (exact) mass is 544 g/mol. The molecule has 0 fully saturated rings. The molecule has 4 heterocycles. The third kappa shape index (κ3) is 5.85. The summed E-state index contributed by atoms with van der Waals surface area (Å²) in [4.78, 5) is 24.9. The average Bonchev–Trinajstić information content (AvgIpc) is 3.69. The Morgan fingerprint density at radius 2 is 2.02 bits per heavy atom. The van der Waals surface area contributed by atoms with E-state index < -0.39 is 0 Å². The fraction of sp³-hybridized carbons (Fsp3) is 0.533. The van der Waals surface area contributed by atoms with Crippen molar-refractivity contribution in [2.45, 2.75) is 84.2 Å². The van der Waals surface area contributed by atoms with Crippen LogP contribution in [0.3, 0.4) is 0 Å². The number of aromatic nitrogens is 7. The summed E-state index contributed by atoms with van der Waals surface area (Å²) in [5, 5.41) is 14.8. The second-order valence-corrected chi connectivity index (χ2v) is 10.6. The predicted molar refractivity (Wildman–Crippen MR) is 156 cm³/mol. The maximum Gasteiger partial charge on any atom is 0.184 e. The van der Waals surface area contributed by atoms with Crippen LogP contribution in [0, 0.1) is 12.8 Å². The molecule has 40 heavy (non-hydrogen) atoms. The number of Topliss-reactive ketones (excluding diaryl/α,β-unsaturated/α-hetero) is 1. The molecule has 0 aromatic carbocycles. The highest BCUT2D eigenvalue weighted by molar-refractivity contribution is 5.90. The van der Waals surface area contributed by atoms with Crippen LogP contribution in [0.5, 0.6) is 0 Å². The largest absolute Gasteiger partial charge is 0.360 e. The van der Waals surface area contributed by atoms with E-state index in [1.807, 2.05) is 30.2 Å². The molecule has 0 radical (unpaired) electrons. The quantitative estimate of drug-likeness (QED) is 0.242. The summed E-state index contributed by atoms with van der Waals surface area (Å²) in [5.74, 6) is 1.24. The number of hydrogen-bond donors (Lipinski definition) is 0. The van der Waals surface area contributed by atoms with Gasteiger partial charge in [-0.1, -0.05) is 25.4 Å². The van der Waals surface area contributed by atoms with Crippen molar-refractivity contribution < 1.29 is 9.32 Å². The smallest absolute Gasteiger partial charge is 0.184 e. The molecule has 4 aromatic rings. The number of likely N-dealkylation sites (N-methyl/N-ethyl adjacent to an activating group) is 1. The van der Waals surface area contributed by atoms with Crippen LogP contribution < -0.4 is 0 Å². The first-order valence-electron chi connectivity index (χ1n) is 14.2. The molecule has 2 atom stereocenters. The van der Waals surface area contributed by atoms with Gasteiger partial charge in [-0.2, -0.15) is 10.2 Å². The first kappa shape index (κ1) is 29.2. The minimum atomic E-state index is -0.216. The van der Waals surface area contributed by atoms with E-state index in [0.717, 1.165) is 73.1 Å². The molecule has 1 aliphatic carbocycles. The standard InChI is InChI=1S/C28H38N8O2.C2H2/c1-6-8-12-23(37)19-10-9-11-20-25(33-38-26(19)20)27-29-16-21-24(22-13-15-35(5)31-22)32-36(28(21)30-27)17-18(3)34(4)14-7-2;1-2/h13,15-16,18-19H,6-12,14,17H2,1-5H3;1-2H/t18-,19+;/m0./s1. The van der Waals surface area contributed by atoms with Crippen molar-refractivity contribution in [3.05, 3.63) is 29.8 Å². The summed E-state index contributed by atoms with van der Waals surface area (Å²) in [6.45, 7) is 8.19. The number of fused-ring (bicyclic) bond motifs is 2. The molecule has 0 N–H and O–H groups in total. The fourth-order valence-corrected chi connectivity index (χ4v) is 5.35. The van der Waals surface area contributed by atoms with Gasteiger partial charge in [0.1, 0.15) is 17.2 Å². The van der Waals surface area contributed by atoms with Crippen molar-refractivity contribution in [3.8, 4) is 35.8 Å². The number of ketones is 1. The maximum atomic E-state index is 12.9. The van der Waals surface area contributed by atoms with Crippen LogP contribution in [0.25, 0.3) is 33.9 Å². The van der Waals surface area contributed by atoms with E-state index in [4.69, 9.17) is 19.6 Å². The van der Waals surface area contributed by atoms with Gasteiger partial charge >= 0.3 is 0 Å². The molecule has 0 saturated heterocycles. The summed E-state index contributed by atoms with van der Waals surface area (Å²) >= 11 is 0. The van der Waals surface area contributed by atoms with Gasteiger partial charge in [0.2, 0.25) is 0 Å². The zero-order chi connectivity index (χ0) is 28.8. The highest BCUT2D eigenvalue weighted by atomic mass is 16.5. The molecule has 10 nitrogen and oxygen atoms in total. The van der Waals surface area contributed by atoms with Crippen LogP contribution >= 0.6 is 0 Å². The van der Waals surface area contributed by atoms with E-state index >= 15 is 0 Å². The van der Waals surface area contributed by atoms with Gasteiger partial charge in [0.15, 0.2) is 22.9 Å². The van der Waals surface area contributed by atoms with E-state index in [1.54, 1.807) is 4.68 Å². The Morgan fingerprint density at radius 3 is 2.73 bits per heavy atom. The molecule has 4 aromatic heterocycles. The van der Waals surface area contributed by atoms with Gasteiger partial charge in [-0.3, -0.25) is 9.48 Å². The second kappa shape index (κ2) is 13.0. The van der Waals surface area contributed by atoms with Crippen molar-refractivity contribution in [3.63, 3.8) is 0 Å². The summed E-state index contributed by atoms with van der Waals surface area (Å²) in [6, 6.07) is 2.22. The molecule has 212 valence electrons. The minimum Gasteiger partial charge on any atom is -0.360 e. The Kier molecular flexibility index (Phi) is 9.48. The average molecular weight is 545 g/mol. The van der Waals surface area contributed by atoms with Gasteiger partial charge in [0.25, 0.3) is 0 Å². The lowest BCUT2D eigenvalue weighted by molar-refractivity contribution is -0.121. The van der Waals surface area contributed by atoms with E-state index in [0.29, 0.717) is 30.2 Å². The Morgan fingerprint density at radius 1 is 1.23 bits per heavy atom. The predicted octanol–water partition coefficient (Wildman–Crippen LogP) is 5.04. The van der Waals surface area contributed by atoms with Crippen molar-refractivity contribution in [1.82, 2.24) is 39.6 Å². The molecule has 0 saturated carbocycles. The molecule has 0 spiro atoms. The summed E-state index contributed by atoms with van der Waals surface area (Å²) in [5.41, 5.74) is 3.90. The molecular formula is C30H40N8O2. The number of nitrogens with zero attached hydrogens (tertiary/aromatic N) is 8. The lowest BCUT2D eigenvalue weighted by Crippen LogP contribution is -2.33. The Hall–Kier alpha value is -3.84. The van der Waals surface area contributed by atoms with Crippen molar-refractivity contribution in [2.24, 2.45) is 7.05 Å². The summed E-state index contributed by atoms with van der Waals surface area (Å²) in [6.07, 6.45) is 17.9. The molecular weight excluding hydrogens is 504 g/mol. The molecule has 0 bridgehead atoms. The van der Waals surface area contributed by atoms with E-state index in [-0.39, 0.29) is 17.7 Å². The lowest BCUT2D eigenvalue weighted by atomic mass is 9.83. The Bertz CT molecular complexity index is 1460. The highest BCUT2D eigenvalue weighted by Crippen LogP contribution is 2.38. The molecule has 0 aliphatic heterocycles. The van der Waals surface area contributed by atoms with Crippen LogP contribution in [-0.4, -0.2) is 65.0 Å². The van der Waals surface area contributed by atoms with E-state index in [9.17, 15) is 4.79 Å². The first-order valence-corrected chi connectivity index (χ1v) is 14.2. The molecule has 0 unspecified atom stereocenters. The molecule has 0 amide bonds. The molecule has 10 heteroatoms. The van der Waals surface area contributed by atoms with E-state index in [2.05, 4.69) is 55.8 Å². The fourth-order valence-electron chi connectivity index (χ4n) is 5.35. The van der Waals surface area contributed by atoms with Crippen LogP contribution in [0.15, 0.2) is 23.0 Å². The third-order valence-corrected chi connectivity index (χ3v) is 7.64. The summed E-state index contributed by atoms with van der Waals surface area (Å²) < 4.78 is 9.54. The lowest BCUT2D eigenvalue weighted by Gasteiger charge is -2.24. The van der Waals surface area contributed by atoms with Gasteiger partial charge in [-0.05, 0) is 58.7 Å². The van der Waals surface area contributed by atoms with Crippen LogP contribution in [-0.2, 0) is 24.8 Å². The SMILES string of the molecule is C#C.CCCCC(=O)[C@H]1CCCc2c(-c3ncc4c(-c5ccn(C)n5)nn(C[C@H](C)N(C)CCC)c4n3)noc21. The van der Waals surface area contributed by atoms with E-state index in [1.165, 1.54) is 0 Å². The maximum absolute atomic E-state index is 12.9. The van der Waals surface area contributed by atoms with Gasteiger partial charge in [0.05, 0.1) is 17.8 Å². The highest BCUT2D eigenvalue weighted by Gasteiger charge is 2.33. The van der Waals surface area contributed by atoms with Crippen molar-refractivity contribution >= 4 is 16.8 Å². The van der Waals surface area contributed by atoms with Crippen LogP contribution in [0.4, 0.5) is 0 Å². The van der Waals surface area contributed by atoms with Gasteiger partial charge in [-0.15, -0.1) is 12.8 Å². The first-order chi connectivity index (χ1) is 19.4. The van der Waals surface area contributed by atoms with Gasteiger partial charge in [-0.25, -0.2) is 14.6 Å². The van der Waals surface area contributed by atoms with Crippen molar-refractivity contribution in [2.75, 3.05) is 13.6 Å². The molecule has 5 rings (SSSR count). The topological polar surface area (TPSA) is 108 Å². The zero-order valence-corrected chi connectivity index (χ0v) is 24.3. The van der Waals surface area contributed by atoms with Crippen molar-refractivity contribution in [1.29, 1.82) is 0 Å². The van der Waals surface area contributed by atoms with Crippen LogP contribution in [0.2, 0.25) is 0 Å². The van der Waals surface area contributed by atoms with Crippen LogP contribution in [0.1, 0.15) is 76.5 Å². The number of terminal acetylenes is 1. The zero-order valence-electron chi connectivity index (χ0n) is 24.3. The van der Waals surface area contributed by atoms with Gasteiger partial charge in [0, 0.05) is 37.5 Å². The molecule has 1 aliphatic rings.